The summed E-state index contributed by atoms with van der Waals surface area (Å²) in [5, 5.41) is 21.0. The van der Waals surface area contributed by atoms with Crippen LogP contribution in [0.2, 0.25) is 0 Å². The van der Waals surface area contributed by atoms with Crippen molar-refractivity contribution in [3.8, 4) is 12.0 Å². The van der Waals surface area contributed by atoms with Gasteiger partial charge in [0.15, 0.2) is 0 Å². The lowest BCUT2D eigenvalue weighted by Gasteiger charge is -2.04. The third kappa shape index (κ3) is 2.70. The van der Waals surface area contributed by atoms with Gasteiger partial charge in [-0.05, 0) is 0 Å². The molecular formula is C6H7N5O6. The Bertz CT molecular complexity index is 414. The van der Waals surface area contributed by atoms with Crippen molar-refractivity contribution in [1.82, 2.24) is 15.0 Å². The first-order valence-electron chi connectivity index (χ1n) is 4.10. The van der Waals surface area contributed by atoms with Crippen LogP contribution in [0, 0.1) is 20.2 Å². The zero-order valence-electron chi connectivity index (χ0n) is 8.76. The molecule has 1 heterocycles. The number of methoxy groups -OCH3 is 2. The molecule has 0 unspecified atom stereocenters. The molecule has 0 spiro atoms. The summed E-state index contributed by atoms with van der Waals surface area (Å²) in [6, 6.07) is -0.610. The van der Waals surface area contributed by atoms with Crippen LogP contribution >= 0.6 is 0 Å². The van der Waals surface area contributed by atoms with E-state index in [-0.39, 0.29) is 12.0 Å². The van der Waals surface area contributed by atoms with Gasteiger partial charge in [-0.1, -0.05) is 0 Å². The summed E-state index contributed by atoms with van der Waals surface area (Å²) in [5.41, 5.74) is 0. The molecule has 0 amide bonds. The fourth-order valence-corrected chi connectivity index (χ4v) is 0.916. The van der Waals surface area contributed by atoms with Crippen LogP contribution in [0.4, 0.5) is 0 Å². The molecule has 1 aromatic rings. The smallest absolute Gasteiger partial charge is 0.467 e. The molecule has 92 valence electrons. The largest absolute Gasteiger partial charge is 0.509 e. The topological polar surface area (TPSA) is 143 Å². The average Bonchev–Trinajstić information content (AvgIpc) is 2.27. The minimum absolute atomic E-state index is 0.305. The maximum Gasteiger partial charge on any atom is 0.509 e. The van der Waals surface area contributed by atoms with E-state index < -0.39 is 21.8 Å². The van der Waals surface area contributed by atoms with Crippen molar-refractivity contribution >= 4 is 0 Å². The molecule has 0 atom stereocenters. The summed E-state index contributed by atoms with van der Waals surface area (Å²) in [5.74, 6) is -0.663. The standard InChI is InChI=1S/C6H7N5O6/c1-16-5-7-3(8-6(9-5)17-2)4(10(12)13)11(14)15/h4H,1-2H3. The quantitative estimate of drug-likeness (QED) is 0.378. The molecule has 0 N–H and O–H groups in total. The zero-order chi connectivity index (χ0) is 13.0. The van der Waals surface area contributed by atoms with Gasteiger partial charge in [0.1, 0.15) is 9.85 Å². The van der Waals surface area contributed by atoms with Gasteiger partial charge >= 0.3 is 18.2 Å². The van der Waals surface area contributed by atoms with Gasteiger partial charge in [0.05, 0.1) is 14.2 Å². The molecule has 0 saturated heterocycles. The lowest BCUT2D eigenvalue weighted by Crippen LogP contribution is -2.23. The molecule has 11 nitrogen and oxygen atoms in total. The highest BCUT2D eigenvalue weighted by Crippen LogP contribution is 2.17. The summed E-state index contributed by atoms with van der Waals surface area (Å²) in [4.78, 5) is 29.2. The van der Waals surface area contributed by atoms with Crippen LogP contribution in [0.3, 0.4) is 0 Å². The Morgan fingerprint density at radius 3 is 1.71 bits per heavy atom. The maximum atomic E-state index is 10.5. The first kappa shape index (κ1) is 12.5. The summed E-state index contributed by atoms with van der Waals surface area (Å²) in [7, 11) is 2.40. The van der Waals surface area contributed by atoms with E-state index in [4.69, 9.17) is 0 Å². The molecule has 0 aliphatic heterocycles. The number of ether oxygens (including phenoxy) is 2. The van der Waals surface area contributed by atoms with Crippen molar-refractivity contribution in [1.29, 1.82) is 0 Å². The van der Waals surface area contributed by atoms with E-state index in [0.717, 1.165) is 0 Å². The molecule has 0 aliphatic carbocycles. The van der Waals surface area contributed by atoms with Crippen LogP contribution in [-0.2, 0) is 0 Å². The van der Waals surface area contributed by atoms with E-state index in [0.29, 0.717) is 0 Å². The van der Waals surface area contributed by atoms with Crippen molar-refractivity contribution in [3.05, 3.63) is 26.1 Å². The molecule has 17 heavy (non-hydrogen) atoms. The second-order valence-corrected chi connectivity index (χ2v) is 2.61. The first-order chi connectivity index (χ1) is 7.99. The van der Waals surface area contributed by atoms with Gasteiger partial charge in [-0.3, -0.25) is 20.2 Å². The molecule has 0 aromatic carbocycles. The van der Waals surface area contributed by atoms with Gasteiger partial charge in [0, 0.05) is 0 Å². The molecule has 11 heteroatoms. The number of hydrogen-bond acceptors (Lipinski definition) is 9. The van der Waals surface area contributed by atoms with E-state index >= 15 is 0 Å². The van der Waals surface area contributed by atoms with Crippen LogP contribution in [-0.4, -0.2) is 39.0 Å². The summed E-state index contributed by atoms with van der Waals surface area (Å²) in [6.45, 7) is 0. The highest BCUT2D eigenvalue weighted by Gasteiger charge is 2.39. The highest BCUT2D eigenvalue weighted by atomic mass is 16.7. The first-order valence-corrected chi connectivity index (χ1v) is 4.10. The number of aromatic nitrogens is 3. The Kier molecular flexibility index (Phi) is 3.64. The predicted molar refractivity (Wildman–Crippen MR) is 49.7 cm³/mol. The zero-order valence-corrected chi connectivity index (χ0v) is 8.76. The van der Waals surface area contributed by atoms with Crippen LogP contribution in [0.15, 0.2) is 0 Å². The Labute approximate surface area is 93.7 Å². The molecule has 0 aliphatic rings. The van der Waals surface area contributed by atoms with E-state index in [9.17, 15) is 20.2 Å². The fourth-order valence-electron chi connectivity index (χ4n) is 0.916. The summed E-state index contributed by atoms with van der Waals surface area (Å²) >= 11 is 0. The molecular weight excluding hydrogens is 238 g/mol. The van der Waals surface area contributed by atoms with E-state index in [1.54, 1.807) is 0 Å². The van der Waals surface area contributed by atoms with Gasteiger partial charge in [0.25, 0.3) is 5.82 Å². The summed E-state index contributed by atoms with van der Waals surface area (Å²) < 4.78 is 9.24. The van der Waals surface area contributed by atoms with Crippen LogP contribution < -0.4 is 9.47 Å². The van der Waals surface area contributed by atoms with Gasteiger partial charge in [-0.2, -0.15) is 9.97 Å². The lowest BCUT2D eigenvalue weighted by molar-refractivity contribution is -0.754. The molecule has 1 aromatic heterocycles. The number of nitro groups is 2. The van der Waals surface area contributed by atoms with Crippen molar-refractivity contribution < 1.29 is 19.3 Å². The fraction of sp³-hybridized carbons (Fsp3) is 0.500. The molecule has 1 rings (SSSR count). The second kappa shape index (κ2) is 4.96. The third-order valence-electron chi connectivity index (χ3n) is 1.61. The SMILES string of the molecule is COc1nc(OC)nc(C([N+](=O)[O-])[N+](=O)[O-])n1. The minimum atomic E-state index is -2.29. The van der Waals surface area contributed by atoms with Gasteiger partial charge in [-0.15, -0.1) is 4.98 Å². The van der Waals surface area contributed by atoms with Crippen LogP contribution in [0.1, 0.15) is 12.0 Å². The number of rotatable bonds is 5. The molecule has 0 saturated carbocycles. The van der Waals surface area contributed by atoms with Crippen LogP contribution in [0.25, 0.3) is 0 Å². The Morgan fingerprint density at radius 1 is 1.00 bits per heavy atom. The normalized spacial score (nSPS) is 10.1. The van der Waals surface area contributed by atoms with E-state index in [1.165, 1.54) is 14.2 Å². The van der Waals surface area contributed by atoms with Gasteiger partial charge in [-0.25, -0.2) is 0 Å². The van der Waals surface area contributed by atoms with E-state index in [1.807, 2.05) is 0 Å². The Morgan fingerprint density at radius 2 is 1.41 bits per heavy atom. The van der Waals surface area contributed by atoms with Gasteiger partial charge in [0.2, 0.25) is 0 Å². The highest BCUT2D eigenvalue weighted by molar-refractivity contribution is 5.05. The molecule has 0 bridgehead atoms. The molecule has 0 radical (unpaired) electrons. The third-order valence-corrected chi connectivity index (χ3v) is 1.61. The van der Waals surface area contributed by atoms with Crippen molar-refractivity contribution in [2.24, 2.45) is 0 Å². The number of nitrogens with zero attached hydrogens (tertiary/aromatic N) is 5. The lowest BCUT2D eigenvalue weighted by atomic mass is 10.5. The van der Waals surface area contributed by atoms with Gasteiger partial charge < -0.3 is 9.47 Å². The Balaban J connectivity index is 3.27. The average molecular weight is 245 g/mol. The summed E-state index contributed by atoms with van der Waals surface area (Å²) in [6.07, 6.45) is -2.29. The van der Waals surface area contributed by atoms with Crippen LogP contribution in [0.5, 0.6) is 12.0 Å². The number of hydrogen-bond donors (Lipinski definition) is 0. The Hall–Kier alpha value is -2.59. The van der Waals surface area contributed by atoms with Crippen molar-refractivity contribution in [3.63, 3.8) is 0 Å². The minimum Gasteiger partial charge on any atom is -0.467 e. The molecule has 0 fully saturated rings. The maximum absolute atomic E-state index is 10.5. The monoisotopic (exact) mass is 245 g/mol. The predicted octanol–water partition coefficient (Wildman–Crippen LogP) is -0.559. The van der Waals surface area contributed by atoms with Crippen molar-refractivity contribution in [2.45, 2.75) is 6.17 Å². The van der Waals surface area contributed by atoms with Crippen molar-refractivity contribution in [2.75, 3.05) is 14.2 Å². The van der Waals surface area contributed by atoms with E-state index in [2.05, 4.69) is 24.4 Å². The second-order valence-electron chi connectivity index (χ2n) is 2.61.